The average Bonchev–Trinajstić information content (AvgIpc) is 3.03. The van der Waals surface area contributed by atoms with Crippen LogP contribution in [0.25, 0.3) is 0 Å². The first-order valence-electron chi connectivity index (χ1n) is 7.57. The zero-order valence-electron chi connectivity index (χ0n) is 12.9. The Labute approximate surface area is 135 Å². The van der Waals surface area contributed by atoms with E-state index in [9.17, 15) is 23.1 Å². The maximum absolute atomic E-state index is 12.6. The fourth-order valence-corrected chi connectivity index (χ4v) is 4.45. The quantitative estimate of drug-likeness (QED) is 0.900. The Morgan fingerprint density at radius 2 is 1.91 bits per heavy atom. The molecule has 1 aromatic rings. The summed E-state index contributed by atoms with van der Waals surface area (Å²) in [7, 11) is -3.30. The van der Waals surface area contributed by atoms with Crippen LogP contribution in [0.5, 0.6) is 0 Å². The number of benzene rings is 1. The van der Waals surface area contributed by atoms with Crippen LogP contribution in [0.2, 0.25) is 0 Å². The molecule has 1 heterocycles. The molecule has 1 saturated heterocycles. The van der Waals surface area contributed by atoms with E-state index in [1.54, 1.807) is 4.90 Å². The Balaban J connectivity index is 1.81. The van der Waals surface area contributed by atoms with Crippen molar-refractivity contribution in [1.29, 1.82) is 0 Å². The minimum absolute atomic E-state index is 0.0132. The number of hydrogen-bond acceptors (Lipinski definition) is 4. The summed E-state index contributed by atoms with van der Waals surface area (Å²) < 4.78 is 22.9. The summed E-state index contributed by atoms with van der Waals surface area (Å²) in [6.07, 6.45) is 3.46. The van der Waals surface area contributed by atoms with Gasteiger partial charge in [-0.2, -0.15) is 0 Å². The molecule has 124 valence electrons. The molecule has 0 unspecified atom stereocenters. The van der Waals surface area contributed by atoms with Crippen molar-refractivity contribution in [3.8, 4) is 0 Å². The van der Waals surface area contributed by atoms with Gasteiger partial charge in [-0.15, -0.1) is 0 Å². The van der Waals surface area contributed by atoms with Gasteiger partial charge in [0.25, 0.3) is 5.91 Å². The van der Waals surface area contributed by atoms with Gasteiger partial charge in [-0.05, 0) is 43.0 Å². The van der Waals surface area contributed by atoms with Gasteiger partial charge in [0.15, 0.2) is 9.84 Å². The molecule has 0 spiro atoms. The first-order valence-corrected chi connectivity index (χ1v) is 9.46. The molecule has 1 aliphatic carbocycles. The van der Waals surface area contributed by atoms with Crippen molar-refractivity contribution in [1.82, 2.24) is 4.90 Å². The van der Waals surface area contributed by atoms with Crippen LogP contribution >= 0.6 is 0 Å². The maximum Gasteiger partial charge on any atom is 0.311 e. The number of sulfone groups is 1. The highest BCUT2D eigenvalue weighted by Crippen LogP contribution is 2.49. The smallest absolute Gasteiger partial charge is 0.311 e. The number of carbonyl (C=O) groups excluding carboxylic acids is 1. The largest absolute Gasteiger partial charge is 0.481 e. The molecule has 0 radical (unpaired) electrons. The molecule has 0 bridgehead atoms. The lowest BCUT2D eigenvalue weighted by Gasteiger charge is -2.23. The van der Waals surface area contributed by atoms with Crippen LogP contribution in [0.1, 0.15) is 29.6 Å². The summed E-state index contributed by atoms with van der Waals surface area (Å²) in [5.74, 6) is -1.04. The monoisotopic (exact) mass is 337 g/mol. The molecule has 2 aliphatic rings. The minimum atomic E-state index is -3.30. The second-order valence-electron chi connectivity index (χ2n) is 6.53. The summed E-state index contributed by atoms with van der Waals surface area (Å²) >= 11 is 0. The predicted molar refractivity (Wildman–Crippen MR) is 82.9 cm³/mol. The number of carboxylic acid groups (broad SMARTS) is 1. The summed E-state index contributed by atoms with van der Waals surface area (Å²) in [5, 5.41) is 9.57. The van der Waals surface area contributed by atoms with Crippen LogP contribution in [-0.2, 0) is 14.6 Å². The van der Waals surface area contributed by atoms with E-state index in [4.69, 9.17) is 0 Å². The van der Waals surface area contributed by atoms with Gasteiger partial charge in [0.2, 0.25) is 0 Å². The van der Waals surface area contributed by atoms with E-state index in [1.807, 2.05) is 0 Å². The third-order valence-electron chi connectivity index (χ3n) is 5.11. The molecule has 1 aromatic carbocycles. The highest BCUT2D eigenvalue weighted by atomic mass is 32.2. The molecule has 1 N–H and O–H groups in total. The van der Waals surface area contributed by atoms with Crippen LogP contribution in [0.3, 0.4) is 0 Å². The molecule has 0 aromatic heterocycles. The molecule has 23 heavy (non-hydrogen) atoms. The van der Waals surface area contributed by atoms with Crippen LogP contribution in [0.15, 0.2) is 29.2 Å². The highest BCUT2D eigenvalue weighted by molar-refractivity contribution is 7.90. The van der Waals surface area contributed by atoms with Crippen molar-refractivity contribution in [2.45, 2.75) is 24.2 Å². The van der Waals surface area contributed by atoms with E-state index in [0.29, 0.717) is 18.5 Å². The summed E-state index contributed by atoms with van der Waals surface area (Å²) in [6.45, 7) is 0.693. The lowest BCUT2D eigenvalue weighted by molar-refractivity contribution is -0.149. The van der Waals surface area contributed by atoms with Gasteiger partial charge in [0.05, 0.1) is 10.3 Å². The molecule has 6 nitrogen and oxygen atoms in total. The van der Waals surface area contributed by atoms with Crippen molar-refractivity contribution in [2.24, 2.45) is 11.3 Å². The molecular formula is C16H19NO5S. The second-order valence-corrected chi connectivity index (χ2v) is 8.55. The minimum Gasteiger partial charge on any atom is -0.481 e. The summed E-state index contributed by atoms with van der Waals surface area (Å²) in [4.78, 5) is 26.0. The lowest BCUT2D eigenvalue weighted by atomic mass is 9.81. The van der Waals surface area contributed by atoms with E-state index in [0.717, 1.165) is 19.1 Å². The van der Waals surface area contributed by atoms with E-state index in [-0.39, 0.29) is 23.3 Å². The number of nitrogens with zero attached hydrogens (tertiary/aromatic N) is 1. The van der Waals surface area contributed by atoms with Crippen molar-refractivity contribution >= 4 is 21.7 Å². The fraction of sp³-hybridized carbons (Fsp3) is 0.500. The number of carbonyl (C=O) groups is 2. The van der Waals surface area contributed by atoms with Gasteiger partial charge >= 0.3 is 5.97 Å². The Hall–Kier alpha value is -1.89. The van der Waals surface area contributed by atoms with Crippen molar-refractivity contribution in [3.63, 3.8) is 0 Å². The van der Waals surface area contributed by atoms with Gasteiger partial charge in [0, 0.05) is 24.9 Å². The van der Waals surface area contributed by atoms with Gasteiger partial charge in [-0.25, -0.2) is 8.42 Å². The molecule has 1 saturated carbocycles. The Kier molecular flexibility index (Phi) is 3.71. The number of hydrogen-bond donors (Lipinski definition) is 1. The number of amides is 1. The summed E-state index contributed by atoms with van der Waals surface area (Å²) in [5.41, 5.74) is -0.416. The number of fused-ring (bicyclic) bond motifs is 1. The van der Waals surface area contributed by atoms with Gasteiger partial charge in [0.1, 0.15) is 0 Å². The highest BCUT2D eigenvalue weighted by Gasteiger charge is 2.55. The maximum atomic E-state index is 12.6. The Morgan fingerprint density at radius 3 is 2.43 bits per heavy atom. The number of rotatable bonds is 3. The first kappa shape index (κ1) is 16.0. The fourth-order valence-electron chi connectivity index (χ4n) is 3.82. The lowest BCUT2D eigenvalue weighted by Crippen LogP contribution is -2.37. The number of likely N-dealkylation sites (tertiary alicyclic amines) is 1. The first-order chi connectivity index (χ1) is 10.7. The molecule has 7 heteroatoms. The molecule has 1 aliphatic heterocycles. The van der Waals surface area contributed by atoms with E-state index >= 15 is 0 Å². The van der Waals surface area contributed by atoms with Crippen molar-refractivity contribution in [3.05, 3.63) is 29.8 Å². The van der Waals surface area contributed by atoms with Crippen molar-refractivity contribution < 1.29 is 23.1 Å². The van der Waals surface area contributed by atoms with E-state index < -0.39 is 21.2 Å². The van der Waals surface area contributed by atoms with Gasteiger partial charge in [-0.1, -0.05) is 6.42 Å². The molecule has 2 atom stereocenters. The molecule has 2 fully saturated rings. The number of carboxylic acids is 1. The topological polar surface area (TPSA) is 91.8 Å². The average molecular weight is 337 g/mol. The summed E-state index contributed by atoms with van der Waals surface area (Å²) in [6, 6.07) is 5.79. The van der Waals surface area contributed by atoms with Gasteiger partial charge in [-0.3, -0.25) is 9.59 Å². The van der Waals surface area contributed by atoms with Crippen LogP contribution in [0.4, 0.5) is 0 Å². The standard InChI is InChI=1S/C16H19NO5S/c1-23(21,22)13-6-4-11(5-7-13)14(18)17-9-12-3-2-8-16(12,10-17)15(19)20/h4-7,12H,2-3,8-10H2,1H3,(H,19,20)/t12-,16+/m0/s1. The Bertz CT molecular complexity index is 755. The van der Waals surface area contributed by atoms with E-state index in [1.165, 1.54) is 24.3 Å². The van der Waals surface area contributed by atoms with E-state index in [2.05, 4.69) is 0 Å². The van der Waals surface area contributed by atoms with Gasteiger partial charge < -0.3 is 10.0 Å². The molecular weight excluding hydrogens is 318 g/mol. The molecule has 3 rings (SSSR count). The predicted octanol–water partition coefficient (Wildman–Crippen LogP) is 1.42. The zero-order chi connectivity index (χ0) is 16.8. The van der Waals surface area contributed by atoms with Crippen LogP contribution < -0.4 is 0 Å². The Morgan fingerprint density at radius 1 is 1.26 bits per heavy atom. The SMILES string of the molecule is CS(=O)(=O)c1ccc(C(=O)N2C[C@@H]3CCC[C@@]3(C(=O)O)C2)cc1. The third kappa shape index (κ3) is 2.63. The second kappa shape index (κ2) is 5.33. The van der Waals surface area contributed by atoms with Crippen LogP contribution in [-0.4, -0.2) is 49.6 Å². The van der Waals surface area contributed by atoms with Crippen molar-refractivity contribution in [2.75, 3.05) is 19.3 Å². The zero-order valence-corrected chi connectivity index (χ0v) is 13.7. The number of aliphatic carboxylic acids is 1. The normalized spacial score (nSPS) is 27.0. The molecule has 1 amide bonds. The van der Waals surface area contributed by atoms with Crippen LogP contribution in [0, 0.1) is 11.3 Å². The third-order valence-corrected chi connectivity index (χ3v) is 6.24.